The second-order valence-electron chi connectivity index (χ2n) is 4.58. The van der Waals surface area contributed by atoms with Crippen LogP contribution in [0.1, 0.15) is 13.8 Å². The molecule has 0 aliphatic heterocycles. The van der Waals surface area contributed by atoms with Crippen LogP contribution in [-0.2, 0) is 0 Å². The summed E-state index contributed by atoms with van der Waals surface area (Å²) >= 11 is 5.99. The summed E-state index contributed by atoms with van der Waals surface area (Å²) < 4.78 is 0. The predicted octanol–water partition coefficient (Wildman–Crippen LogP) is 4.51. The van der Waals surface area contributed by atoms with Gasteiger partial charge in [0, 0.05) is 29.5 Å². The first-order valence-electron chi connectivity index (χ1n) is 6.81. The van der Waals surface area contributed by atoms with Crippen LogP contribution >= 0.6 is 11.6 Å². The summed E-state index contributed by atoms with van der Waals surface area (Å²) in [7, 11) is 0. The van der Waals surface area contributed by atoms with Crippen molar-refractivity contribution in [3.8, 4) is 0 Å². The van der Waals surface area contributed by atoms with E-state index in [2.05, 4.69) is 36.2 Å². The summed E-state index contributed by atoms with van der Waals surface area (Å²) in [5.74, 6) is 0. The molecule has 2 aromatic rings. The fourth-order valence-corrected chi connectivity index (χ4v) is 2.31. The molecule has 0 unspecified atom stereocenters. The summed E-state index contributed by atoms with van der Waals surface area (Å²) in [4.78, 5) is 2.30. The molecule has 0 aromatic heterocycles. The standard InChI is InChI=1S/C16H20ClN3/c1-3-20(4-2)14-8-6-13(7-9-14)19-16-11-12(17)5-10-15(16)18/h5-11,19H,3-4,18H2,1-2H3. The van der Waals surface area contributed by atoms with E-state index in [1.54, 1.807) is 12.1 Å². The number of hydrogen-bond donors (Lipinski definition) is 2. The summed E-state index contributed by atoms with van der Waals surface area (Å²) in [5, 5.41) is 3.96. The highest BCUT2D eigenvalue weighted by molar-refractivity contribution is 6.31. The first-order chi connectivity index (χ1) is 9.63. The Morgan fingerprint density at radius 1 is 1.05 bits per heavy atom. The lowest BCUT2D eigenvalue weighted by Gasteiger charge is -2.21. The Morgan fingerprint density at radius 3 is 2.30 bits per heavy atom. The van der Waals surface area contributed by atoms with Gasteiger partial charge in [-0.3, -0.25) is 0 Å². The number of nitrogens with zero attached hydrogens (tertiary/aromatic N) is 1. The van der Waals surface area contributed by atoms with E-state index >= 15 is 0 Å². The van der Waals surface area contributed by atoms with Crippen molar-refractivity contribution in [2.75, 3.05) is 29.0 Å². The number of rotatable bonds is 5. The molecular weight excluding hydrogens is 270 g/mol. The summed E-state index contributed by atoms with van der Waals surface area (Å²) in [5.41, 5.74) is 9.66. The predicted molar refractivity (Wildman–Crippen MR) is 89.2 cm³/mol. The van der Waals surface area contributed by atoms with Crippen molar-refractivity contribution in [1.29, 1.82) is 0 Å². The molecule has 0 saturated heterocycles. The Kier molecular flexibility index (Phi) is 4.74. The minimum Gasteiger partial charge on any atom is -0.397 e. The average Bonchev–Trinajstić information content (AvgIpc) is 2.46. The van der Waals surface area contributed by atoms with E-state index in [0.717, 1.165) is 24.5 Å². The van der Waals surface area contributed by atoms with E-state index in [1.807, 2.05) is 18.2 Å². The molecular formula is C16H20ClN3. The lowest BCUT2D eigenvalue weighted by Crippen LogP contribution is -2.21. The molecule has 106 valence electrons. The highest BCUT2D eigenvalue weighted by Crippen LogP contribution is 2.27. The molecule has 0 heterocycles. The third-order valence-corrected chi connectivity index (χ3v) is 3.53. The van der Waals surface area contributed by atoms with Gasteiger partial charge in [-0.2, -0.15) is 0 Å². The van der Waals surface area contributed by atoms with E-state index in [1.165, 1.54) is 5.69 Å². The van der Waals surface area contributed by atoms with Crippen LogP contribution in [0.5, 0.6) is 0 Å². The van der Waals surface area contributed by atoms with Crippen molar-refractivity contribution in [3.05, 3.63) is 47.5 Å². The first-order valence-corrected chi connectivity index (χ1v) is 7.19. The molecule has 0 amide bonds. The van der Waals surface area contributed by atoms with Gasteiger partial charge in [-0.25, -0.2) is 0 Å². The number of halogens is 1. The molecule has 0 spiro atoms. The number of hydrogen-bond acceptors (Lipinski definition) is 3. The molecule has 0 aliphatic rings. The molecule has 20 heavy (non-hydrogen) atoms. The van der Waals surface area contributed by atoms with E-state index < -0.39 is 0 Å². The van der Waals surface area contributed by atoms with Crippen LogP contribution in [0.2, 0.25) is 5.02 Å². The maximum atomic E-state index is 5.99. The van der Waals surface area contributed by atoms with Gasteiger partial charge in [0.25, 0.3) is 0 Å². The maximum absolute atomic E-state index is 5.99. The van der Waals surface area contributed by atoms with Gasteiger partial charge in [-0.05, 0) is 56.3 Å². The van der Waals surface area contributed by atoms with Crippen molar-refractivity contribution in [1.82, 2.24) is 0 Å². The Balaban J connectivity index is 2.16. The van der Waals surface area contributed by atoms with Crippen LogP contribution in [0.3, 0.4) is 0 Å². The lowest BCUT2D eigenvalue weighted by molar-refractivity contribution is 0.866. The van der Waals surface area contributed by atoms with Gasteiger partial charge in [0.05, 0.1) is 11.4 Å². The Bertz CT molecular complexity index is 562. The van der Waals surface area contributed by atoms with E-state index in [4.69, 9.17) is 17.3 Å². The number of nitrogens with two attached hydrogens (primary N) is 1. The molecule has 0 atom stereocenters. The molecule has 0 saturated carbocycles. The number of nitrogen functional groups attached to an aromatic ring is 1. The minimum absolute atomic E-state index is 0.668. The second-order valence-corrected chi connectivity index (χ2v) is 5.01. The lowest BCUT2D eigenvalue weighted by atomic mass is 10.2. The second kappa shape index (κ2) is 6.53. The molecule has 0 radical (unpaired) electrons. The van der Waals surface area contributed by atoms with E-state index in [9.17, 15) is 0 Å². The van der Waals surface area contributed by atoms with Gasteiger partial charge in [-0.15, -0.1) is 0 Å². The monoisotopic (exact) mass is 289 g/mol. The van der Waals surface area contributed by atoms with Crippen molar-refractivity contribution in [2.24, 2.45) is 0 Å². The summed E-state index contributed by atoms with van der Waals surface area (Å²) in [6, 6.07) is 13.7. The van der Waals surface area contributed by atoms with E-state index in [0.29, 0.717) is 10.7 Å². The highest BCUT2D eigenvalue weighted by Gasteiger charge is 2.03. The van der Waals surface area contributed by atoms with Crippen LogP contribution in [-0.4, -0.2) is 13.1 Å². The molecule has 3 N–H and O–H groups in total. The van der Waals surface area contributed by atoms with Gasteiger partial charge in [0.2, 0.25) is 0 Å². The topological polar surface area (TPSA) is 41.3 Å². The smallest absolute Gasteiger partial charge is 0.0632 e. The van der Waals surface area contributed by atoms with Gasteiger partial charge < -0.3 is 16.0 Å². The fourth-order valence-electron chi connectivity index (χ4n) is 2.14. The van der Waals surface area contributed by atoms with Gasteiger partial charge in [-0.1, -0.05) is 11.6 Å². The van der Waals surface area contributed by atoms with E-state index in [-0.39, 0.29) is 0 Å². The summed E-state index contributed by atoms with van der Waals surface area (Å²) in [6.45, 7) is 6.32. The van der Waals surface area contributed by atoms with Crippen LogP contribution in [0, 0.1) is 0 Å². The highest BCUT2D eigenvalue weighted by atomic mass is 35.5. The number of nitrogens with one attached hydrogen (secondary N) is 1. The van der Waals surface area contributed by atoms with Crippen molar-refractivity contribution < 1.29 is 0 Å². The largest absolute Gasteiger partial charge is 0.397 e. The first kappa shape index (κ1) is 14.5. The molecule has 0 aliphatic carbocycles. The quantitative estimate of drug-likeness (QED) is 0.796. The zero-order valence-corrected chi connectivity index (χ0v) is 12.6. The van der Waals surface area contributed by atoms with Crippen LogP contribution in [0.25, 0.3) is 0 Å². The van der Waals surface area contributed by atoms with Crippen LogP contribution in [0.4, 0.5) is 22.7 Å². The molecule has 3 nitrogen and oxygen atoms in total. The number of anilines is 4. The maximum Gasteiger partial charge on any atom is 0.0632 e. The number of benzene rings is 2. The third kappa shape index (κ3) is 3.36. The molecule has 0 bridgehead atoms. The van der Waals surface area contributed by atoms with Gasteiger partial charge in [0.1, 0.15) is 0 Å². The normalized spacial score (nSPS) is 10.3. The van der Waals surface area contributed by atoms with Crippen molar-refractivity contribution in [3.63, 3.8) is 0 Å². The van der Waals surface area contributed by atoms with Crippen LogP contribution < -0.4 is 16.0 Å². The average molecular weight is 290 g/mol. The van der Waals surface area contributed by atoms with Crippen molar-refractivity contribution >= 4 is 34.4 Å². The third-order valence-electron chi connectivity index (χ3n) is 3.29. The van der Waals surface area contributed by atoms with Gasteiger partial charge >= 0.3 is 0 Å². The Morgan fingerprint density at radius 2 is 1.70 bits per heavy atom. The molecule has 2 rings (SSSR count). The van der Waals surface area contributed by atoms with Gasteiger partial charge in [0.15, 0.2) is 0 Å². The van der Waals surface area contributed by atoms with Crippen molar-refractivity contribution in [2.45, 2.75) is 13.8 Å². The molecule has 2 aromatic carbocycles. The molecule has 4 heteroatoms. The SMILES string of the molecule is CCN(CC)c1ccc(Nc2cc(Cl)ccc2N)cc1. The summed E-state index contributed by atoms with van der Waals surface area (Å²) in [6.07, 6.45) is 0. The minimum atomic E-state index is 0.668. The Hall–Kier alpha value is -1.87. The fraction of sp³-hybridized carbons (Fsp3) is 0.250. The van der Waals surface area contributed by atoms with Crippen LogP contribution in [0.15, 0.2) is 42.5 Å². The zero-order valence-electron chi connectivity index (χ0n) is 11.9. The zero-order chi connectivity index (χ0) is 14.5. The Labute approximate surface area is 125 Å². The molecule has 0 fully saturated rings.